The van der Waals surface area contributed by atoms with Crippen LogP contribution >= 0.6 is 12.4 Å². The van der Waals surface area contributed by atoms with Gasteiger partial charge in [-0.2, -0.15) is 4.31 Å². The molecule has 1 unspecified atom stereocenters. The van der Waals surface area contributed by atoms with Crippen LogP contribution in [0, 0.1) is 0 Å². The van der Waals surface area contributed by atoms with Crippen molar-refractivity contribution in [3.63, 3.8) is 0 Å². The van der Waals surface area contributed by atoms with E-state index in [1.807, 2.05) is 0 Å². The van der Waals surface area contributed by atoms with Crippen LogP contribution in [-0.4, -0.2) is 66.9 Å². The van der Waals surface area contributed by atoms with Crippen molar-refractivity contribution in [2.24, 2.45) is 5.73 Å². The van der Waals surface area contributed by atoms with Gasteiger partial charge in [0.15, 0.2) is 9.84 Å². The first-order valence-electron chi connectivity index (χ1n) is 6.90. The first kappa shape index (κ1) is 21.1. The van der Waals surface area contributed by atoms with Gasteiger partial charge in [-0.15, -0.1) is 12.4 Å². The molecule has 138 valence electrons. The van der Waals surface area contributed by atoms with Crippen molar-refractivity contribution < 1.29 is 26.3 Å². The standard InChI is InChI=1S/C13H20N2O6S2.ClH/c1-20-12-4-3-11(22(2,16)17)7-13(12)23(18,19)15-5-6-21-10(8-14)9-15;/h3-4,7,10H,5-6,8-9,14H2,1-2H3;1H. The van der Waals surface area contributed by atoms with Crippen molar-refractivity contribution in [3.8, 4) is 5.75 Å². The Labute approximate surface area is 148 Å². The summed E-state index contributed by atoms with van der Waals surface area (Å²) in [6.07, 6.45) is 0.632. The van der Waals surface area contributed by atoms with Gasteiger partial charge >= 0.3 is 0 Å². The lowest BCUT2D eigenvalue weighted by Gasteiger charge is -2.31. The number of benzene rings is 1. The third kappa shape index (κ3) is 4.38. The van der Waals surface area contributed by atoms with Gasteiger partial charge in [-0.25, -0.2) is 16.8 Å². The number of rotatable bonds is 5. The number of methoxy groups -OCH3 is 1. The van der Waals surface area contributed by atoms with E-state index in [1.165, 1.54) is 23.5 Å². The van der Waals surface area contributed by atoms with E-state index >= 15 is 0 Å². The fraction of sp³-hybridized carbons (Fsp3) is 0.538. The molecule has 1 heterocycles. The molecule has 1 aliphatic heterocycles. The smallest absolute Gasteiger partial charge is 0.246 e. The highest BCUT2D eigenvalue weighted by molar-refractivity contribution is 7.91. The number of hydrogen-bond donors (Lipinski definition) is 1. The second kappa shape index (κ2) is 7.98. The van der Waals surface area contributed by atoms with Crippen LogP contribution in [0.4, 0.5) is 0 Å². The lowest BCUT2D eigenvalue weighted by atomic mass is 10.3. The van der Waals surface area contributed by atoms with Crippen LogP contribution in [-0.2, 0) is 24.6 Å². The van der Waals surface area contributed by atoms with Crippen molar-refractivity contribution in [2.45, 2.75) is 15.9 Å². The van der Waals surface area contributed by atoms with Gasteiger partial charge in [0.1, 0.15) is 10.6 Å². The average molecular weight is 401 g/mol. The molecule has 0 radical (unpaired) electrons. The number of morpholine rings is 1. The predicted molar refractivity (Wildman–Crippen MR) is 90.9 cm³/mol. The zero-order valence-electron chi connectivity index (χ0n) is 13.3. The summed E-state index contributed by atoms with van der Waals surface area (Å²) < 4.78 is 60.8. The van der Waals surface area contributed by atoms with E-state index in [4.69, 9.17) is 15.2 Å². The second-order valence-electron chi connectivity index (χ2n) is 5.18. The van der Waals surface area contributed by atoms with Crippen LogP contribution in [0.1, 0.15) is 0 Å². The fourth-order valence-electron chi connectivity index (χ4n) is 2.28. The van der Waals surface area contributed by atoms with Crippen LogP contribution in [0.5, 0.6) is 5.75 Å². The van der Waals surface area contributed by atoms with Gasteiger partial charge in [0, 0.05) is 25.9 Å². The highest BCUT2D eigenvalue weighted by Gasteiger charge is 2.33. The van der Waals surface area contributed by atoms with Crippen molar-refractivity contribution in [2.75, 3.05) is 39.6 Å². The molecule has 8 nitrogen and oxygen atoms in total. The van der Waals surface area contributed by atoms with Gasteiger partial charge < -0.3 is 15.2 Å². The van der Waals surface area contributed by atoms with Crippen LogP contribution in [0.15, 0.2) is 28.0 Å². The summed E-state index contributed by atoms with van der Waals surface area (Å²) in [5, 5.41) is 0. The summed E-state index contributed by atoms with van der Waals surface area (Å²) in [7, 11) is -6.13. The molecule has 2 rings (SSSR count). The number of sulfone groups is 1. The van der Waals surface area contributed by atoms with E-state index in [2.05, 4.69) is 0 Å². The van der Waals surface area contributed by atoms with Gasteiger partial charge in [0.05, 0.1) is 24.7 Å². The van der Waals surface area contributed by atoms with Gasteiger partial charge in [-0.1, -0.05) is 0 Å². The molecular formula is C13H21ClN2O6S2. The molecule has 24 heavy (non-hydrogen) atoms. The minimum Gasteiger partial charge on any atom is -0.495 e. The molecule has 0 bridgehead atoms. The van der Waals surface area contributed by atoms with E-state index < -0.39 is 19.9 Å². The largest absolute Gasteiger partial charge is 0.495 e. The van der Waals surface area contributed by atoms with Crippen molar-refractivity contribution in [1.29, 1.82) is 0 Å². The molecule has 2 N–H and O–H groups in total. The number of hydrogen-bond acceptors (Lipinski definition) is 7. The Kier molecular flexibility index (Phi) is 7.03. The summed E-state index contributed by atoms with van der Waals surface area (Å²) in [6.45, 7) is 0.720. The van der Waals surface area contributed by atoms with Crippen molar-refractivity contribution in [1.82, 2.24) is 4.31 Å². The highest BCUT2D eigenvalue weighted by atomic mass is 35.5. The zero-order chi connectivity index (χ0) is 17.3. The van der Waals surface area contributed by atoms with Crippen LogP contribution < -0.4 is 10.5 Å². The number of sulfonamides is 1. The van der Waals surface area contributed by atoms with E-state index in [1.54, 1.807) is 0 Å². The molecule has 11 heteroatoms. The maximum Gasteiger partial charge on any atom is 0.246 e. The Hall–Kier alpha value is -0.910. The lowest BCUT2D eigenvalue weighted by molar-refractivity contribution is 0.00446. The first-order chi connectivity index (χ1) is 10.7. The van der Waals surface area contributed by atoms with Crippen LogP contribution in [0.25, 0.3) is 0 Å². The molecule has 1 aromatic carbocycles. The molecule has 0 amide bonds. The third-order valence-electron chi connectivity index (χ3n) is 3.55. The normalized spacial score (nSPS) is 19.5. The minimum atomic E-state index is -3.92. The van der Waals surface area contributed by atoms with E-state index in [9.17, 15) is 16.8 Å². The lowest BCUT2D eigenvalue weighted by Crippen LogP contribution is -2.48. The van der Waals surface area contributed by atoms with Gasteiger partial charge in [0.2, 0.25) is 10.0 Å². The Balaban J connectivity index is 0.00000288. The summed E-state index contributed by atoms with van der Waals surface area (Å²) >= 11 is 0. The molecule has 0 aromatic heterocycles. The maximum absolute atomic E-state index is 12.9. The van der Waals surface area contributed by atoms with Gasteiger partial charge in [-0.05, 0) is 18.2 Å². The first-order valence-corrected chi connectivity index (χ1v) is 10.2. The summed E-state index contributed by atoms with van der Waals surface area (Å²) in [5.41, 5.74) is 5.53. The Morgan fingerprint density at radius 1 is 1.33 bits per heavy atom. The summed E-state index contributed by atoms with van der Waals surface area (Å²) in [6, 6.07) is 3.77. The number of halogens is 1. The maximum atomic E-state index is 12.9. The molecule has 1 aromatic rings. The molecule has 1 fully saturated rings. The highest BCUT2D eigenvalue weighted by Crippen LogP contribution is 2.30. The zero-order valence-corrected chi connectivity index (χ0v) is 15.8. The van der Waals surface area contributed by atoms with Crippen molar-refractivity contribution >= 4 is 32.3 Å². The van der Waals surface area contributed by atoms with Gasteiger partial charge in [0.25, 0.3) is 0 Å². The fourth-order valence-corrected chi connectivity index (χ4v) is 4.64. The van der Waals surface area contributed by atoms with Crippen LogP contribution in [0.2, 0.25) is 0 Å². The molecule has 1 saturated heterocycles. The van der Waals surface area contributed by atoms with E-state index in [-0.39, 0.29) is 60.3 Å². The number of ether oxygens (including phenoxy) is 2. The monoisotopic (exact) mass is 400 g/mol. The van der Waals surface area contributed by atoms with E-state index in [0.717, 1.165) is 12.3 Å². The molecule has 0 aliphatic carbocycles. The molecular weight excluding hydrogens is 380 g/mol. The van der Waals surface area contributed by atoms with Crippen molar-refractivity contribution in [3.05, 3.63) is 18.2 Å². The summed E-state index contributed by atoms with van der Waals surface area (Å²) in [5.74, 6) is 0.0909. The van der Waals surface area contributed by atoms with E-state index in [0.29, 0.717) is 0 Å². The average Bonchev–Trinajstić information content (AvgIpc) is 2.53. The number of nitrogens with two attached hydrogens (primary N) is 1. The Morgan fingerprint density at radius 2 is 2.00 bits per heavy atom. The molecule has 0 saturated carbocycles. The third-order valence-corrected chi connectivity index (χ3v) is 6.54. The Bertz CT molecular complexity index is 782. The predicted octanol–water partition coefficient (Wildman–Crippen LogP) is -0.131. The van der Waals surface area contributed by atoms with Crippen LogP contribution in [0.3, 0.4) is 0 Å². The van der Waals surface area contributed by atoms with Gasteiger partial charge in [-0.3, -0.25) is 0 Å². The Morgan fingerprint density at radius 3 is 2.54 bits per heavy atom. The quantitative estimate of drug-likeness (QED) is 0.731. The number of nitrogens with zero attached hydrogens (tertiary/aromatic N) is 1. The molecule has 1 aliphatic rings. The second-order valence-corrected chi connectivity index (χ2v) is 9.10. The molecule has 1 atom stereocenters. The summed E-state index contributed by atoms with van der Waals surface area (Å²) in [4.78, 5) is -0.263. The topological polar surface area (TPSA) is 116 Å². The SMILES string of the molecule is COc1ccc(S(C)(=O)=O)cc1S(=O)(=O)N1CCOC(CN)C1.Cl. The molecule has 0 spiro atoms. The minimum absolute atomic E-state index is 0.